The summed E-state index contributed by atoms with van der Waals surface area (Å²) in [5, 5.41) is 0. The van der Waals surface area contributed by atoms with Crippen LogP contribution in [-0.4, -0.2) is 33.0 Å². The Morgan fingerprint density at radius 3 is 2.65 bits per heavy atom. The third kappa shape index (κ3) is 2.79. The third-order valence-electron chi connectivity index (χ3n) is 4.05. The molecule has 1 saturated heterocycles. The normalized spacial score (nSPS) is 14.9. The molecule has 0 aliphatic carbocycles. The summed E-state index contributed by atoms with van der Waals surface area (Å²) in [7, 11) is 0. The molecule has 0 atom stereocenters. The molecule has 6 nitrogen and oxygen atoms in total. The van der Waals surface area contributed by atoms with Crippen molar-refractivity contribution in [1.82, 2.24) is 19.9 Å². The van der Waals surface area contributed by atoms with E-state index in [9.17, 15) is 0 Å². The summed E-state index contributed by atoms with van der Waals surface area (Å²) in [5.41, 5.74) is 3.37. The minimum Gasteiger partial charge on any atom is -0.472 e. The highest BCUT2D eigenvalue weighted by Gasteiger charge is 2.18. The van der Waals surface area contributed by atoms with Gasteiger partial charge in [0.15, 0.2) is 0 Å². The van der Waals surface area contributed by atoms with Gasteiger partial charge in [-0.1, -0.05) is 0 Å². The number of hydrogen-bond acceptors (Lipinski definition) is 6. The number of piperidine rings is 1. The summed E-state index contributed by atoms with van der Waals surface area (Å²) in [6, 6.07) is 1.90. The first-order valence-electron chi connectivity index (χ1n) is 7.83. The van der Waals surface area contributed by atoms with Crippen LogP contribution in [0, 0.1) is 0 Å². The summed E-state index contributed by atoms with van der Waals surface area (Å²) in [6.07, 6.45) is 13.9. The fourth-order valence-corrected chi connectivity index (χ4v) is 2.86. The number of hydrogen-bond donors (Lipinski definition) is 0. The van der Waals surface area contributed by atoms with Gasteiger partial charge in [-0.05, 0) is 25.3 Å². The molecule has 1 fully saturated rings. The van der Waals surface area contributed by atoms with Crippen molar-refractivity contribution in [1.29, 1.82) is 0 Å². The van der Waals surface area contributed by atoms with Crippen molar-refractivity contribution >= 4 is 5.95 Å². The van der Waals surface area contributed by atoms with Crippen molar-refractivity contribution in [2.75, 3.05) is 18.0 Å². The van der Waals surface area contributed by atoms with Crippen LogP contribution in [0.1, 0.15) is 19.3 Å². The van der Waals surface area contributed by atoms with Crippen LogP contribution in [0.3, 0.4) is 0 Å². The summed E-state index contributed by atoms with van der Waals surface area (Å²) in [6.45, 7) is 2.02. The first-order chi connectivity index (χ1) is 11.4. The minimum absolute atomic E-state index is 0.758. The number of anilines is 1. The molecule has 6 heteroatoms. The van der Waals surface area contributed by atoms with Gasteiger partial charge in [0.25, 0.3) is 0 Å². The van der Waals surface area contributed by atoms with Gasteiger partial charge >= 0.3 is 0 Å². The molecule has 0 aromatic carbocycles. The molecule has 4 heterocycles. The molecule has 1 aliphatic rings. The molecule has 0 bridgehead atoms. The van der Waals surface area contributed by atoms with Gasteiger partial charge < -0.3 is 9.32 Å². The molecule has 3 aromatic heterocycles. The van der Waals surface area contributed by atoms with E-state index in [4.69, 9.17) is 9.40 Å². The molecule has 23 heavy (non-hydrogen) atoms. The van der Waals surface area contributed by atoms with E-state index in [0.29, 0.717) is 0 Å². The molecule has 4 rings (SSSR count). The van der Waals surface area contributed by atoms with E-state index < -0.39 is 0 Å². The maximum atomic E-state index is 5.24. The van der Waals surface area contributed by atoms with Crippen LogP contribution in [0.15, 0.2) is 47.8 Å². The quantitative estimate of drug-likeness (QED) is 0.740. The average molecular weight is 307 g/mol. The van der Waals surface area contributed by atoms with Gasteiger partial charge in [0, 0.05) is 42.8 Å². The predicted octanol–water partition coefficient (Wildman–Crippen LogP) is 3.18. The van der Waals surface area contributed by atoms with Crippen LogP contribution in [0.4, 0.5) is 5.95 Å². The lowest BCUT2D eigenvalue weighted by Crippen LogP contribution is -2.31. The smallest absolute Gasteiger partial charge is 0.225 e. The van der Waals surface area contributed by atoms with Gasteiger partial charge in [-0.15, -0.1) is 0 Å². The minimum atomic E-state index is 0.758. The third-order valence-corrected chi connectivity index (χ3v) is 4.05. The molecule has 3 aromatic rings. The largest absolute Gasteiger partial charge is 0.472 e. The van der Waals surface area contributed by atoms with Gasteiger partial charge in [0.05, 0.1) is 30.1 Å². The Morgan fingerprint density at radius 2 is 1.91 bits per heavy atom. The lowest BCUT2D eigenvalue weighted by molar-refractivity contribution is 0.566. The van der Waals surface area contributed by atoms with E-state index >= 15 is 0 Å². The summed E-state index contributed by atoms with van der Waals surface area (Å²) < 4.78 is 5.24. The van der Waals surface area contributed by atoms with Crippen molar-refractivity contribution < 1.29 is 4.42 Å². The zero-order chi connectivity index (χ0) is 15.5. The van der Waals surface area contributed by atoms with E-state index in [1.807, 2.05) is 12.3 Å². The summed E-state index contributed by atoms with van der Waals surface area (Å²) in [4.78, 5) is 20.1. The Balaban J connectivity index is 1.80. The van der Waals surface area contributed by atoms with Crippen molar-refractivity contribution in [3.8, 4) is 22.5 Å². The van der Waals surface area contributed by atoms with Crippen molar-refractivity contribution in [2.24, 2.45) is 0 Å². The summed E-state index contributed by atoms with van der Waals surface area (Å²) in [5.74, 6) is 0.772. The predicted molar refractivity (Wildman–Crippen MR) is 86.8 cm³/mol. The highest BCUT2D eigenvalue weighted by molar-refractivity contribution is 5.78. The highest BCUT2D eigenvalue weighted by atomic mass is 16.3. The SMILES string of the molecule is c1cnc(-c2cnc(N3CCCCC3)nc2-c2ccoc2)cn1. The van der Waals surface area contributed by atoms with Crippen molar-refractivity contribution in [3.63, 3.8) is 0 Å². The molecule has 0 unspecified atom stereocenters. The molecule has 0 radical (unpaired) electrons. The van der Waals surface area contributed by atoms with E-state index in [2.05, 4.69) is 19.9 Å². The lowest BCUT2D eigenvalue weighted by atomic mass is 10.1. The van der Waals surface area contributed by atoms with Crippen LogP contribution >= 0.6 is 0 Å². The number of aromatic nitrogens is 4. The second-order valence-corrected chi connectivity index (χ2v) is 5.58. The molecule has 0 N–H and O–H groups in total. The van der Waals surface area contributed by atoms with Crippen molar-refractivity contribution in [3.05, 3.63) is 43.4 Å². The van der Waals surface area contributed by atoms with Gasteiger partial charge in [-0.25, -0.2) is 9.97 Å². The standard InChI is InChI=1S/C17H17N5O/c1-2-7-22(8-3-1)17-20-10-14(15-11-18-5-6-19-15)16(21-17)13-4-9-23-12-13/h4-6,9-12H,1-3,7-8H2. The molecule has 0 saturated carbocycles. The average Bonchev–Trinajstić information content (AvgIpc) is 3.17. The first kappa shape index (κ1) is 13.9. The molecular formula is C17H17N5O. The van der Waals surface area contributed by atoms with Crippen LogP contribution in [0.25, 0.3) is 22.5 Å². The topological polar surface area (TPSA) is 67.9 Å². The van der Waals surface area contributed by atoms with Gasteiger partial charge in [0.1, 0.15) is 0 Å². The molecule has 0 spiro atoms. The van der Waals surface area contributed by atoms with E-state index in [-0.39, 0.29) is 0 Å². The maximum absolute atomic E-state index is 5.24. The van der Waals surface area contributed by atoms with Crippen LogP contribution in [-0.2, 0) is 0 Å². The Labute approximate surface area is 134 Å². The molecule has 0 amide bonds. The Hall–Kier alpha value is -2.76. The van der Waals surface area contributed by atoms with Crippen LogP contribution in [0.2, 0.25) is 0 Å². The van der Waals surface area contributed by atoms with Crippen LogP contribution < -0.4 is 4.90 Å². The second-order valence-electron chi connectivity index (χ2n) is 5.58. The zero-order valence-electron chi connectivity index (χ0n) is 12.7. The Morgan fingerprint density at radius 1 is 1.00 bits per heavy atom. The summed E-state index contributed by atoms with van der Waals surface area (Å²) >= 11 is 0. The van der Waals surface area contributed by atoms with Crippen LogP contribution in [0.5, 0.6) is 0 Å². The molecular weight excluding hydrogens is 290 g/mol. The van der Waals surface area contributed by atoms with E-state index in [1.165, 1.54) is 19.3 Å². The van der Waals surface area contributed by atoms with E-state index in [0.717, 1.165) is 41.6 Å². The Bertz CT molecular complexity index is 767. The zero-order valence-corrected chi connectivity index (χ0v) is 12.7. The monoisotopic (exact) mass is 307 g/mol. The van der Waals surface area contributed by atoms with Gasteiger partial charge in [0.2, 0.25) is 5.95 Å². The fourth-order valence-electron chi connectivity index (χ4n) is 2.86. The lowest BCUT2D eigenvalue weighted by Gasteiger charge is -2.27. The fraction of sp³-hybridized carbons (Fsp3) is 0.294. The van der Waals surface area contributed by atoms with Gasteiger partial charge in [-0.2, -0.15) is 0 Å². The number of rotatable bonds is 3. The highest BCUT2D eigenvalue weighted by Crippen LogP contribution is 2.30. The molecule has 1 aliphatic heterocycles. The maximum Gasteiger partial charge on any atom is 0.225 e. The Kier molecular flexibility index (Phi) is 3.71. The second kappa shape index (κ2) is 6.16. The number of furan rings is 1. The van der Waals surface area contributed by atoms with E-state index in [1.54, 1.807) is 31.1 Å². The number of nitrogens with zero attached hydrogens (tertiary/aromatic N) is 5. The van der Waals surface area contributed by atoms with Gasteiger partial charge in [-0.3, -0.25) is 9.97 Å². The van der Waals surface area contributed by atoms with Crippen molar-refractivity contribution in [2.45, 2.75) is 19.3 Å². The molecule has 116 valence electrons. The first-order valence-corrected chi connectivity index (χ1v) is 7.83.